The molecule has 0 atom stereocenters. The summed E-state index contributed by atoms with van der Waals surface area (Å²) in [6.45, 7) is 18.3. The lowest BCUT2D eigenvalue weighted by atomic mass is 9.85. The molecule has 1 saturated carbocycles. The van der Waals surface area contributed by atoms with Crippen LogP contribution in [-0.2, 0) is 0 Å². The highest BCUT2D eigenvalue weighted by Crippen LogP contribution is 2.43. The standard InChI is InChI=1S/C21H34Si.C3H7Cl/c1-17-10-9-11-18(21(2,3)4)16-20(15-14-17)22(5,6)19-12-7-8-13-19;1-3(2)4/h9,11,14-16,19H,7-8,10,12-13H2,1-6H3;3H,1-2H3. The highest BCUT2D eigenvalue weighted by molar-refractivity contribution is 6.86. The molecule has 0 amide bonds. The van der Waals surface area contributed by atoms with E-state index in [4.69, 9.17) is 11.6 Å². The zero-order valence-electron chi connectivity index (χ0n) is 18.5. The van der Waals surface area contributed by atoms with E-state index < -0.39 is 8.07 Å². The van der Waals surface area contributed by atoms with Crippen molar-refractivity contribution in [3.05, 3.63) is 46.7 Å². The molecule has 2 rings (SSSR count). The predicted molar refractivity (Wildman–Crippen MR) is 124 cm³/mol. The second-order valence-corrected chi connectivity index (χ2v) is 15.5. The van der Waals surface area contributed by atoms with Crippen molar-refractivity contribution in [1.29, 1.82) is 0 Å². The largest absolute Gasteiger partial charge is 0.124 e. The molecule has 0 aromatic carbocycles. The van der Waals surface area contributed by atoms with Gasteiger partial charge in [0.1, 0.15) is 0 Å². The highest BCUT2D eigenvalue weighted by atomic mass is 35.5. The smallest absolute Gasteiger partial charge is 0.0836 e. The molecule has 2 heteroatoms. The summed E-state index contributed by atoms with van der Waals surface area (Å²) in [6.07, 6.45) is 18.9. The van der Waals surface area contributed by atoms with Gasteiger partial charge in [0.05, 0.1) is 8.07 Å². The minimum atomic E-state index is -1.39. The van der Waals surface area contributed by atoms with Gasteiger partial charge in [-0.05, 0) is 43.7 Å². The molecule has 1 fully saturated rings. The maximum absolute atomic E-state index is 5.27. The van der Waals surface area contributed by atoms with Crippen molar-refractivity contribution in [2.75, 3.05) is 0 Å². The van der Waals surface area contributed by atoms with Crippen molar-refractivity contribution < 1.29 is 0 Å². The van der Waals surface area contributed by atoms with Gasteiger partial charge >= 0.3 is 0 Å². The molecule has 26 heavy (non-hydrogen) atoms. The van der Waals surface area contributed by atoms with Gasteiger partial charge in [-0.3, -0.25) is 0 Å². The van der Waals surface area contributed by atoms with E-state index in [1.54, 1.807) is 5.20 Å². The van der Waals surface area contributed by atoms with Crippen LogP contribution in [-0.4, -0.2) is 13.5 Å². The minimum Gasteiger partial charge on any atom is -0.124 e. The van der Waals surface area contributed by atoms with Gasteiger partial charge in [-0.25, -0.2) is 0 Å². The monoisotopic (exact) mass is 392 g/mol. The summed E-state index contributed by atoms with van der Waals surface area (Å²) in [5.41, 5.74) is 4.14. The molecule has 2 aliphatic rings. The van der Waals surface area contributed by atoms with Gasteiger partial charge in [0.15, 0.2) is 0 Å². The molecule has 148 valence electrons. The topological polar surface area (TPSA) is 0 Å². The first-order valence-corrected chi connectivity index (χ1v) is 13.9. The summed E-state index contributed by atoms with van der Waals surface area (Å²) < 4.78 is 0. The van der Waals surface area contributed by atoms with Crippen LogP contribution in [0.2, 0.25) is 18.6 Å². The van der Waals surface area contributed by atoms with Gasteiger partial charge in [-0.2, -0.15) is 0 Å². The summed E-state index contributed by atoms with van der Waals surface area (Å²) in [4.78, 5) is 0. The van der Waals surface area contributed by atoms with E-state index in [9.17, 15) is 0 Å². The number of allylic oxidation sites excluding steroid dienone is 8. The number of hydrogen-bond donors (Lipinski definition) is 0. The highest BCUT2D eigenvalue weighted by Gasteiger charge is 2.36. The van der Waals surface area contributed by atoms with Gasteiger partial charge in [0.25, 0.3) is 0 Å². The molecule has 2 aliphatic carbocycles. The Morgan fingerprint density at radius 1 is 1.08 bits per heavy atom. The molecule has 0 aromatic heterocycles. The van der Waals surface area contributed by atoms with Gasteiger partial charge in [0, 0.05) is 5.38 Å². The van der Waals surface area contributed by atoms with Crippen LogP contribution in [0.3, 0.4) is 0 Å². The Balaban J connectivity index is 0.000000765. The number of alkyl halides is 1. The zero-order chi connectivity index (χ0) is 20.0. The maximum atomic E-state index is 5.27. The summed E-state index contributed by atoms with van der Waals surface area (Å²) in [5.74, 6) is 0. The van der Waals surface area contributed by atoms with Gasteiger partial charge in [-0.1, -0.05) is 101 Å². The van der Waals surface area contributed by atoms with E-state index in [-0.39, 0.29) is 5.41 Å². The van der Waals surface area contributed by atoms with Crippen LogP contribution >= 0.6 is 11.6 Å². The van der Waals surface area contributed by atoms with Crippen LogP contribution in [0.1, 0.15) is 73.6 Å². The third-order valence-corrected chi connectivity index (χ3v) is 10.00. The lowest BCUT2D eigenvalue weighted by Gasteiger charge is -2.32. The Morgan fingerprint density at radius 2 is 1.62 bits per heavy atom. The fourth-order valence-corrected chi connectivity index (χ4v) is 7.05. The number of hydrogen-bond acceptors (Lipinski definition) is 0. The average molecular weight is 393 g/mol. The molecule has 0 unspecified atom stereocenters. The van der Waals surface area contributed by atoms with Crippen LogP contribution in [0.5, 0.6) is 0 Å². The second-order valence-electron chi connectivity index (χ2n) is 9.81. The molecule has 0 saturated heterocycles. The molecule has 0 nitrogen and oxygen atoms in total. The van der Waals surface area contributed by atoms with Gasteiger partial charge < -0.3 is 0 Å². The van der Waals surface area contributed by atoms with Crippen LogP contribution < -0.4 is 0 Å². The minimum absolute atomic E-state index is 0.216. The Morgan fingerprint density at radius 3 is 2.12 bits per heavy atom. The number of rotatable bonds is 2. The first kappa shape index (κ1) is 23.5. The van der Waals surface area contributed by atoms with Crippen LogP contribution in [0.15, 0.2) is 46.7 Å². The molecule has 0 N–H and O–H groups in total. The molecule has 0 heterocycles. The molecule has 0 radical (unpaired) electrons. The van der Waals surface area contributed by atoms with E-state index in [0.29, 0.717) is 5.38 Å². The lowest BCUT2D eigenvalue weighted by molar-refractivity contribution is 0.516. The molecule has 0 spiro atoms. The van der Waals surface area contributed by atoms with Crippen molar-refractivity contribution in [3.63, 3.8) is 0 Å². The van der Waals surface area contributed by atoms with Crippen molar-refractivity contribution in [3.8, 4) is 0 Å². The molecule has 0 aromatic rings. The Hall–Kier alpha value is -0.533. The molecular weight excluding hydrogens is 352 g/mol. The van der Waals surface area contributed by atoms with E-state index in [2.05, 4.69) is 71.2 Å². The van der Waals surface area contributed by atoms with Crippen LogP contribution in [0.4, 0.5) is 0 Å². The molecule has 0 aliphatic heterocycles. The van der Waals surface area contributed by atoms with Crippen molar-refractivity contribution in [2.45, 2.75) is 97.7 Å². The normalized spacial score (nSPS) is 19.7. The lowest BCUT2D eigenvalue weighted by Crippen LogP contribution is -2.34. The third-order valence-electron chi connectivity index (χ3n) is 5.58. The van der Waals surface area contributed by atoms with Crippen LogP contribution in [0.25, 0.3) is 0 Å². The summed E-state index contributed by atoms with van der Waals surface area (Å²) in [7, 11) is -1.39. The first-order chi connectivity index (χ1) is 11.9. The van der Waals surface area contributed by atoms with E-state index in [0.717, 1.165) is 12.0 Å². The van der Waals surface area contributed by atoms with Crippen molar-refractivity contribution >= 4 is 19.7 Å². The average Bonchev–Trinajstić information content (AvgIpc) is 3.03. The Kier molecular flexibility index (Phi) is 9.16. The summed E-state index contributed by atoms with van der Waals surface area (Å²) in [6, 6.07) is 0. The zero-order valence-corrected chi connectivity index (χ0v) is 20.2. The SMILES string of the molecule is CC(C)Cl.CC1=CC=C([Si](C)(C)C2CCCC2)C=C(C(C)(C)C)C=CC1. The second kappa shape index (κ2) is 10.1. The first-order valence-electron chi connectivity index (χ1n) is 10.3. The Bertz CT molecular complexity index is 559. The maximum Gasteiger partial charge on any atom is 0.0836 e. The fraction of sp³-hybridized carbons (Fsp3) is 0.667. The van der Waals surface area contributed by atoms with Gasteiger partial charge in [-0.15, -0.1) is 11.6 Å². The van der Waals surface area contributed by atoms with E-state index >= 15 is 0 Å². The summed E-state index contributed by atoms with van der Waals surface area (Å²) >= 11 is 5.27. The predicted octanol–water partition coefficient (Wildman–Crippen LogP) is 8.62. The van der Waals surface area contributed by atoms with Gasteiger partial charge in [0.2, 0.25) is 0 Å². The molecular formula is C24H41ClSi. The molecule has 0 bridgehead atoms. The number of halogens is 1. The fourth-order valence-electron chi connectivity index (χ4n) is 3.69. The quantitative estimate of drug-likeness (QED) is 0.325. The Labute approximate surface area is 169 Å². The van der Waals surface area contributed by atoms with Crippen molar-refractivity contribution in [2.24, 2.45) is 5.41 Å². The third kappa shape index (κ3) is 7.60. The van der Waals surface area contributed by atoms with Crippen LogP contribution in [0, 0.1) is 5.41 Å². The van der Waals surface area contributed by atoms with Crippen molar-refractivity contribution in [1.82, 2.24) is 0 Å². The summed E-state index contributed by atoms with van der Waals surface area (Å²) in [5, 5.41) is 1.95. The van der Waals surface area contributed by atoms with E-state index in [1.807, 2.05) is 13.8 Å². The van der Waals surface area contributed by atoms with E-state index in [1.165, 1.54) is 36.8 Å².